The van der Waals surface area contributed by atoms with Gasteiger partial charge in [0.05, 0.1) is 12.3 Å². The zero-order valence-corrected chi connectivity index (χ0v) is 7.95. The van der Waals surface area contributed by atoms with E-state index < -0.39 is 18.1 Å². The van der Waals surface area contributed by atoms with Gasteiger partial charge in [-0.05, 0) is 18.5 Å². The zero-order valence-electron chi connectivity index (χ0n) is 7.95. The van der Waals surface area contributed by atoms with Crippen molar-refractivity contribution in [3.63, 3.8) is 0 Å². The molecule has 0 aromatic heterocycles. The van der Waals surface area contributed by atoms with E-state index in [4.69, 9.17) is 15.0 Å². The average Bonchev–Trinajstić information content (AvgIpc) is 2.11. The van der Waals surface area contributed by atoms with Gasteiger partial charge in [0.2, 0.25) is 0 Å². The summed E-state index contributed by atoms with van der Waals surface area (Å²) in [6.07, 6.45) is 2.16. The summed E-state index contributed by atoms with van der Waals surface area (Å²) in [6, 6.07) is -0.493. The number of carbonyl (C=O) groups excluding carboxylic acids is 1. The van der Waals surface area contributed by atoms with Crippen molar-refractivity contribution >= 4 is 5.97 Å². The van der Waals surface area contributed by atoms with Crippen molar-refractivity contribution < 1.29 is 14.3 Å². The van der Waals surface area contributed by atoms with Crippen LogP contribution in [-0.4, -0.2) is 24.2 Å². The molecule has 0 fully saturated rings. The number of esters is 1. The van der Waals surface area contributed by atoms with Crippen LogP contribution in [0.3, 0.4) is 0 Å². The van der Waals surface area contributed by atoms with Crippen molar-refractivity contribution in [2.45, 2.75) is 32.1 Å². The standard InChI is InChI=1S/C8H11N3O3/c1-5-8(14-6(2)12)7(10-11-9)3-4-13-5/h3-5,7-8H,1-2H3/t5-,7+,8+/m1/s1. The second-order valence-corrected chi connectivity index (χ2v) is 2.94. The van der Waals surface area contributed by atoms with Gasteiger partial charge in [0, 0.05) is 11.8 Å². The fourth-order valence-electron chi connectivity index (χ4n) is 1.24. The zero-order chi connectivity index (χ0) is 10.6. The summed E-state index contributed by atoms with van der Waals surface area (Å²) < 4.78 is 10.1. The lowest BCUT2D eigenvalue weighted by Crippen LogP contribution is -2.40. The van der Waals surface area contributed by atoms with Gasteiger partial charge in [-0.2, -0.15) is 0 Å². The number of azide groups is 1. The van der Waals surface area contributed by atoms with Gasteiger partial charge in [-0.1, -0.05) is 5.11 Å². The van der Waals surface area contributed by atoms with E-state index in [1.165, 1.54) is 13.2 Å². The van der Waals surface area contributed by atoms with Crippen LogP contribution in [0.4, 0.5) is 0 Å². The van der Waals surface area contributed by atoms with Crippen LogP contribution in [0.2, 0.25) is 0 Å². The number of hydrogen-bond acceptors (Lipinski definition) is 4. The predicted octanol–water partition coefficient (Wildman–Crippen LogP) is 1.53. The normalized spacial score (nSPS) is 30.0. The van der Waals surface area contributed by atoms with E-state index in [0.29, 0.717) is 0 Å². The molecule has 6 heteroatoms. The molecule has 0 N–H and O–H groups in total. The summed E-state index contributed by atoms with van der Waals surface area (Å²) in [4.78, 5) is 13.4. The van der Waals surface area contributed by atoms with E-state index in [1.54, 1.807) is 13.0 Å². The maximum atomic E-state index is 10.8. The van der Waals surface area contributed by atoms with Crippen molar-refractivity contribution in [3.05, 3.63) is 22.8 Å². The summed E-state index contributed by atoms with van der Waals surface area (Å²) in [5.41, 5.74) is 8.30. The monoisotopic (exact) mass is 197 g/mol. The van der Waals surface area contributed by atoms with Crippen LogP contribution in [-0.2, 0) is 14.3 Å². The van der Waals surface area contributed by atoms with Crippen LogP contribution in [0.1, 0.15) is 13.8 Å². The molecule has 0 aromatic rings. The summed E-state index contributed by atoms with van der Waals surface area (Å²) in [5, 5.41) is 3.51. The van der Waals surface area contributed by atoms with Gasteiger partial charge < -0.3 is 9.47 Å². The lowest BCUT2D eigenvalue weighted by Gasteiger charge is -2.29. The quantitative estimate of drug-likeness (QED) is 0.291. The molecule has 0 saturated heterocycles. The van der Waals surface area contributed by atoms with Crippen molar-refractivity contribution in [2.24, 2.45) is 5.11 Å². The SMILES string of the molecule is CC(=O)O[C@@H]1[C@@H](N=[N+]=[N-])C=CO[C@@H]1C. The third-order valence-electron chi connectivity index (χ3n) is 1.86. The fourth-order valence-corrected chi connectivity index (χ4v) is 1.24. The van der Waals surface area contributed by atoms with Gasteiger partial charge in [0.1, 0.15) is 6.10 Å². The van der Waals surface area contributed by atoms with Crippen molar-refractivity contribution in [1.29, 1.82) is 0 Å². The number of hydrogen-bond donors (Lipinski definition) is 0. The summed E-state index contributed by atoms with van der Waals surface area (Å²) in [5.74, 6) is -0.418. The average molecular weight is 197 g/mol. The third kappa shape index (κ3) is 2.40. The molecule has 14 heavy (non-hydrogen) atoms. The van der Waals surface area contributed by atoms with Crippen molar-refractivity contribution in [1.82, 2.24) is 0 Å². The molecule has 3 atom stereocenters. The highest BCUT2D eigenvalue weighted by molar-refractivity contribution is 5.66. The maximum Gasteiger partial charge on any atom is 0.303 e. The van der Waals surface area contributed by atoms with Gasteiger partial charge in [0.25, 0.3) is 0 Å². The molecule has 76 valence electrons. The van der Waals surface area contributed by atoms with Gasteiger partial charge in [-0.15, -0.1) is 0 Å². The first-order valence-electron chi connectivity index (χ1n) is 4.18. The molecule has 0 aromatic carbocycles. The number of ether oxygens (including phenoxy) is 2. The largest absolute Gasteiger partial charge is 0.495 e. The third-order valence-corrected chi connectivity index (χ3v) is 1.86. The summed E-state index contributed by atoms with van der Waals surface area (Å²) in [6.45, 7) is 3.05. The Morgan fingerprint density at radius 1 is 1.71 bits per heavy atom. The first-order chi connectivity index (χ1) is 6.65. The maximum absolute atomic E-state index is 10.8. The second kappa shape index (κ2) is 4.53. The minimum atomic E-state index is -0.548. The van der Waals surface area contributed by atoms with Crippen molar-refractivity contribution in [3.8, 4) is 0 Å². The molecule has 1 aliphatic rings. The molecule has 6 nitrogen and oxygen atoms in total. The minimum Gasteiger partial charge on any atom is -0.495 e. The van der Waals surface area contributed by atoms with Gasteiger partial charge in [-0.3, -0.25) is 4.79 Å². The number of carbonyl (C=O) groups is 1. The Bertz CT molecular complexity index is 296. The Balaban J connectivity index is 2.78. The molecular formula is C8H11N3O3. The molecule has 0 unspecified atom stereocenters. The molecule has 0 saturated carbocycles. The first kappa shape index (κ1) is 10.4. The fraction of sp³-hybridized carbons (Fsp3) is 0.625. The van der Waals surface area contributed by atoms with Crippen LogP contribution in [0.25, 0.3) is 10.4 Å². The van der Waals surface area contributed by atoms with E-state index >= 15 is 0 Å². The van der Waals surface area contributed by atoms with Crippen LogP contribution in [0.5, 0.6) is 0 Å². The van der Waals surface area contributed by atoms with E-state index in [9.17, 15) is 4.79 Å². The Kier molecular flexibility index (Phi) is 3.36. The molecule has 0 amide bonds. The molecular weight excluding hydrogens is 186 g/mol. The minimum absolute atomic E-state index is 0.306. The summed E-state index contributed by atoms with van der Waals surface area (Å²) >= 11 is 0. The second-order valence-electron chi connectivity index (χ2n) is 2.94. The predicted molar refractivity (Wildman–Crippen MR) is 48.2 cm³/mol. The smallest absolute Gasteiger partial charge is 0.303 e. The Morgan fingerprint density at radius 2 is 2.43 bits per heavy atom. The highest BCUT2D eigenvalue weighted by Crippen LogP contribution is 2.18. The van der Waals surface area contributed by atoms with Crippen LogP contribution < -0.4 is 0 Å². The van der Waals surface area contributed by atoms with E-state index in [2.05, 4.69) is 10.0 Å². The van der Waals surface area contributed by atoms with E-state index in [0.717, 1.165) is 0 Å². The molecule has 1 rings (SSSR count). The van der Waals surface area contributed by atoms with Gasteiger partial charge >= 0.3 is 5.97 Å². The van der Waals surface area contributed by atoms with Gasteiger partial charge in [-0.25, -0.2) is 0 Å². The van der Waals surface area contributed by atoms with Crippen LogP contribution in [0, 0.1) is 0 Å². The first-order valence-corrected chi connectivity index (χ1v) is 4.18. The number of nitrogens with zero attached hydrogens (tertiary/aromatic N) is 3. The lowest BCUT2D eigenvalue weighted by molar-refractivity contribution is -0.153. The number of rotatable bonds is 2. The highest BCUT2D eigenvalue weighted by Gasteiger charge is 2.31. The summed E-state index contributed by atoms with van der Waals surface area (Å²) in [7, 11) is 0. The van der Waals surface area contributed by atoms with E-state index in [-0.39, 0.29) is 6.10 Å². The van der Waals surface area contributed by atoms with Crippen LogP contribution in [0.15, 0.2) is 17.5 Å². The lowest BCUT2D eigenvalue weighted by atomic mass is 10.1. The van der Waals surface area contributed by atoms with Crippen LogP contribution >= 0.6 is 0 Å². The Morgan fingerprint density at radius 3 is 3.00 bits per heavy atom. The highest BCUT2D eigenvalue weighted by atomic mass is 16.6. The Labute approximate surface area is 81.1 Å². The molecule has 0 aliphatic carbocycles. The topological polar surface area (TPSA) is 84.3 Å². The van der Waals surface area contributed by atoms with Crippen molar-refractivity contribution in [2.75, 3.05) is 0 Å². The van der Waals surface area contributed by atoms with E-state index in [1.807, 2.05) is 0 Å². The van der Waals surface area contributed by atoms with Gasteiger partial charge in [0.15, 0.2) is 6.10 Å². The Hall–Kier alpha value is -1.68. The molecule has 1 aliphatic heterocycles. The molecule has 1 heterocycles. The molecule has 0 spiro atoms. The molecule has 0 bridgehead atoms. The molecule has 0 radical (unpaired) electrons.